The zero-order chi connectivity index (χ0) is 13.2. The van der Waals surface area contributed by atoms with Crippen LogP contribution in [-0.2, 0) is 9.53 Å². The van der Waals surface area contributed by atoms with Gasteiger partial charge in [-0.3, -0.25) is 4.79 Å². The van der Waals surface area contributed by atoms with Gasteiger partial charge in [-0.25, -0.2) is 0 Å². The molecule has 1 aromatic carbocycles. The minimum atomic E-state index is -0.246. The molecule has 1 aliphatic heterocycles. The number of carbonyl (C=O) groups is 1. The van der Waals surface area contributed by atoms with E-state index >= 15 is 0 Å². The van der Waals surface area contributed by atoms with Gasteiger partial charge in [0.05, 0.1) is 7.11 Å². The van der Waals surface area contributed by atoms with Crippen molar-refractivity contribution < 1.29 is 14.3 Å². The molecule has 19 heavy (non-hydrogen) atoms. The van der Waals surface area contributed by atoms with E-state index in [0.717, 1.165) is 24.2 Å². The van der Waals surface area contributed by atoms with E-state index in [0.29, 0.717) is 5.92 Å². The third-order valence-corrected chi connectivity index (χ3v) is 4.42. The molecular weight excluding hydrogens is 240 g/mol. The van der Waals surface area contributed by atoms with Crippen LogP contribution in [0.2, 0.25) is 0 Å². The molecule has 0 unspecified atom stereocenters. The van der Waals surface area contributed by atoms with Gasteiger partial charge in [-0.15, -0.1) is 0 Å². The molecular formula is C16H20O3. The SMILES string of the molecule is COC(=O)[C@H]1c2ccccc2O[C@H]1C1CCCCC1. The molecule has 0 bridgehead atoms. The summed E-state index contributed by atoms with van der Waals surface area (Å²) in [6.45, 7) is 0. The van der Waals surface area contributed by atoms with Gasteiger partial charge in [-0.2, -0.15) is 0 Å². The summed E-state index contributed by atoms with van der Waals surface area (Å²) in [5.41, 5.74) is 0.991. The fourth-order valence-electron chi connectivity index (χ4n) is 3.46. The topological polar surface area (TPSA) is 35.5 Å². The Morgan fingerprint density at radius 2 is 1.95 bits per heavy atom. The number of methoxy groups -OCH3 is 1. The average Bonchev–Trinajstić information content (AvgIpc) is 2.87. The molecule has 1 saturated carbocycles. The molecule has 102 valence electrons. The van der Waals surface area contributed by atoms with Crippen molar-refractivity contribution in [1.82, 2.24) is 0 Å². The Morgan fingerprint density at radius 1 is 1.21 bits per heavy atom. The van der Waals surface area contributed by atoms with E-state index < -0.39 is 0 Å². The highest BCUT2D eigenvalue weighted by atomic mass is 16.5. The van der Waals surface area contributed by atoms with Gasteiger partial charge >= 0.3 is 5.97 Å². The van der Waals surface area contributed by atoms with Crippen LogP contribution in [0.4, 0.5) is 0 Å². The van der Waals surface area contributed by atoms with E-state index in [4.69, 9.17) is 9.47 Å². The second kappa shape index (κ2) is 5.24. The minimum absolute atomic E-state index is 0.0369. The zero-order valence-corrected chi connectivity index (χ0v) is 11.3. The molecule has 0 amide bonds. The van der Waals surface area contributed by atoms with E-state index in [9.17, 15) is 4.79 Å². The summed E-state index contributed by atoms with van der Waals surface area (Å²) in [6, 6.07) is 7.85. The predicted octanol–water partition coefficient (Wildman–Crippen LogP) is 3.28. The molecule has 3 heteroatoms. The molecule has 0 spiro atoms. The quantitative estimate of drug-likeness (QED) is 0.765. The van der Waals surface area contributed by atoms with Crippen LogP contribution in [0.3, 0.4) is 0 Å². The summed E-state index contributed by atoms with van der Waals surface area (Å²) in [6.07, 6.45) is 6.08. The highest BCUT2D eigenvalue weighted by Crippen LogP contribution is 2.44. The first kappa shape index (κ1) is 12.5. The van der Waals surface area contributed by atoms with E-state index in [1.54, 1.807) is 0 Å². The van der Waals surface area contributed by atoms with Crippen molar-refractivity contribution in [2.75, 3.05) is 7.11 Å². The molecule has 0 saturated heterocycles. The van der Waals surface area contributed by atoms with Gasteiger partial charge in [0.2, 0.25) is 0 Å². The highest BCUT2D eigenvalue weighted by Gasteiger charge is 2.44. The fourth-order valence-corrected chi connectivity index (χ4v) is 3.46. The maximum atomic E-state index is 12.1. The van der Waals surface area contributed by atoms with Gasteiger partial charge in [0.25, 0.3) is 0 Å². The van der Waals surface area contributed by atoms with Crippen molar-refractivity contribution in [3.05, 3.63) is 29.8 Å². The van der Waals surface area contributed by atoms with Gasteiger partial charge in [-0.05, 0) is 24.8 Å². The third-order valence-electron chi connectivity index (χ3n) is 4.42. The molecule has 1 aromatic rings. The smallest absolute Gasteiger partial charge is 0.317 e. The van der Waals surface area contributed by atoms with Crippen LogP contribution in [0.1, 0.15) is 43.6 Å². The highest BCUT2D eigenvalue weighted by molar-refractivity contribution is 5.81. The van der Waals surface area contributed by atoms with Crippen LogP contribution in [0.15, 0.2) is 24.3 Å². The Balaban J connectivity index is 1.90. The van der Waals surface area contributed by atoms with Crippen molar-refractivity contribution in [1.29, 1.82) is 0 Å². The third kappa shape index (κ3) is 2.22. The second-order valence-electron chi connectivity index (χ2n) is 5.52. The van der Waals surface area contributed by atoms with Crippen LogP contribution in [-0.4, -0.2) is 19.2 Å². The monoisotopic (exact) mass is 260 g/mol. The number of carbonyl (C=O) groups excluding carboxylic acids is 1. The van der Waals surface area contributed by atoms with E-state index in [1.165, 1.54) is 26.4 Å². The number of esters is 1. The summed E-state index contributed by atoms with van der Waals surface area (Å²) in [5, 5.41) is 0. The Hall–Kier alpha value is -1.51. The Morgan fingerprint density at radius 3 is 2.68 bits per heavy atom. The van der Waals surface area contributed by atoms with Crippen LogP contribution in [0.5, 0.6) is 5.75 Å². The first-order valence-corrected chi connectivity index (χ1v) is 7.14. The fraction of sp³-hybridized carbons (Fsp3) is 0.562. The molecule has 3 nitrogen and oxygen atoms in total. The molecule has 0 aromatic heterocycles. The Labute approximate surface area is 113 Å². The number of hydrogen-bond donors (Lipinski definition) is 0. The van der Waals surface area contributed by atoms with Gasteiger partial charge in [-0.1, -0.05) is 37.5 Å². The van der Waals surface area contributed by atoms with Crippen LogP contribution < -0.4 is 4.74 Å². The second-order valence-corrected chi connectivity index (χ2v) is 5.52. The summed E-state index contributed by atoms with van der Waals surface area (Å²) < 4.78 is 11.1. The molecule has 1 heterocycles. The lowest BCUT2D eigenvalue weighted by atomic mass is 9.79. The van der Waals surface area contributed by atoms with E-state index in [-0.39, 0.29) is 18.0 Å². The number of benzene rings is 1. The standard InChI is InChI=1S/C16H20O3/c1-18-16(17)14-12-9-5-6-10-13(12)19-15(14)11-7-3-2-4-8-11/h5-6,9-11,14-15H,2-4,7-8H2,1H3/t14-,15-/m0/s1. The molecule has 2 atom stereocenters. The molecule has 0 N–H and O–H groups in total. The summed E-state index contributed by atoms with van der Waals surface area (Å²) in [5.74, 6) is 0.920. The summed E-state index contributed by atoms with van der Waals surface area (Å²) in [7, 11) is 1.46. The van der Waals surface area contributed by atoms with Crippen molar-refractivity contribution in [2.24, 2.45) is 5.92 Å². The lowest BCUT2D eigenvalue weighted by Gasteiger charge is -2.29. The maximum absolute atomic E-state index is 12.1. The number of ether oxygens (including phenoxy) is 2. The average molecular weight is 260 g/mol. The van der Waals surface area contributed by atoms with E-state index in [1.807, 2.05) is 24.3 Å². The van der Waals surface area contributed by atoms with Gasteiger partial charge in [0.1, 0.15) is 17.8 Å². The number of para-hydroxylation sites is 1. The minimum Gasteiger partial charge on any atom is -0.489 e. The lowest BCUT2D eigenvalue weighted by Crippen LogP contribution is -2.34. The summed E-state index contributed by atoms with van der Waals surface area (Å²) in [4.78, 5) is 12.1. The largest absolute Gasteiger partial charge is 0.489 e. The number of rotatable bonds is 2. The van der Waals surface area contributed by atoms with Crippen LogP contribution >= 0.6 is 0 Å². The van der Waals surface area contributed by atoms with Crippen molar-refractivity contribution in [2.45, 2.75) is 44.1 Å². The maximum Gasteiger partial charge on any atom is 0.317 e. The molecule has 0 radical (unpaired) electrons. The van der Waals surface area contributed by atoms with Crippen LogP contribution in [0, 0.1) is 5.92 Å². The first-order valence-electron chi connectivity index (χ1n) is 7.14. The molecule has 1 fully saturated rings. The molecule has 2 aliphatic rings. The lowest BCUT2D eigenvalue weighted by molar-refractivity contribution is -0.144. The zero-order valence-electron chi connectivity index (χ0n) is 11.3. The molecule has 1 aliphatic carbocycles. The predicted molar refractivity (Wildman–Crippen MR) is 72.2 cm³/mol. The first-order chi connectivity index (χ1) is 9.31. The summed E-state index contributed by atoms with van der Waals surface area (Å²) >= 11 is 0. The van der Waals surface area contributed by atoms with Crippen molar-refractivity contribution >= 4 is 5.97 Å². The van der Waals surface area contributed by atoms with Crippen LogP contribution in [0.25, 0.3) is 0 Å². The normalized spacial score (nSPS) is 26.6. The van der Waals surface area contributed by atoms with Crippen molar-refractivity contribution in [3.63, 3.8) is 0 Å². The number of hydrogen-bond acceptors (Lipinski definition) is 3. The Bertz CT molecular complexity index is 463. The Kier molecular flexibility index (Phi) is 3.45. The van der Waals surface area contributed by atoms with Crippen molar-refractivity contribution in [3.8, 4) is 5.75 Å². The van der Waals surface area contributed by atoms with Gasteiger partial charge in [0.15, 0.2) is 0 Å². The number of fused-ring (bicyclic) bond motifs is 1. The molecule has 3 rings (SSSR count). The van der Waals surface area contributed by atoms with Gasteiger partial charge in [0, 0.05) is 5.56 Å². The van der Waals surface area contributed by atoms with Gasteiger partial charge < -0.3 is 9.47 Å². The van der Waals surface area contributed by atoms with E-state index in [2.05, 4.69) is 0 Å².